The van der Waals surface area contributed by atoms with E-state index in [4.69, 9.17) is 39.9 Å². The van der Waals surface area contributed by atoms with Gasteiger partial charge in [0.05, 0.1) is 16.3 Å². The molecule has 3 aliphatic carbocycles. The second-order valence-corrected chi connectivity index (χ2v) is 32.9. The van der Waals surface area contributed by atoms with Crippen LogP contribution in [0.1, 0.15) is 33.4 Å². The molecule has 4 unspecified atom stereocenters. The number of aromatic nitrogens is 8. The van der Waals surface area contributed by atoms with Crippen LogP contribution in [0.5, 0.6) is 0 Å². The van der Waals surface area contributed by atoms with Crippen LogP contribution in [-0.2, 0) is 10.8 Å². The number of hydrogen-bond donors (Lipinski definition) is 0. The third kappa shape index (κ3) is 10.5. The van der Waals surface area contributed by atoms with E-state index in [1.54, 1.807) is 0 Å². The molecule has 4 atom stereocenters. The number of fused-ring (bicyclic) bond motifs is 19. The predicted octanol–water partition coefficient (Wildman–Crippen LogP) is 26.6. The molecule has 10 heteroatoms. The Kier molecular flexibility index (Phi) is 16.2. The lowest BCUT2D eigenvalue weighted by Crippen LogP contribution is -2.44. The third-order valence-corrected chi connectivity index (χ3v) is 27.3. The topological polar surface area (TPSA) is 103 Å². The van der Waals surface area contributed by atoms with Crippen LogP contribution in [-0.4, -0.2) is 45.1 Å². The summed E-state index contributed by atoms with van der Waals surface area (Å²) in [5, 5.41) is 5.56. The van der Waals surface area contributed by atoms with E-state index in [-0.39, 0.29) is 11.2 Å². The minimum atomic E-state index is -0.833. The van der Waals surface area contributed by atoms with Crippen molar-refractivity contribution in [3.8, 4) is 135 Å². The summed E-state index contributed by atoms with van der Waals surface area (Å²) in [7, 11) is 0. The highest BCUT2D eigenvalue weighted by molar-refractivity contribution is 8.04. The van der Waals surface area contributed by atoms with Gasteiger partial charge in [0, 0.05) is 94.2 Å². The summed E-state index contributed by atoms with van der Waals surface area (Å²) >= 11 is 3.71. The maximum absolute atomic E-state index is 5.75. The Morgan fingerprint density at radius 1 is 0.314 bits per heavy atom. The van der Waals surface area contributed by atoms with Crippen LogP contribution in [0.15, 0.2) is 410 Å². The van der Waals surface area contributed by atoms with Crippen molar-refractivity contribution in [2.45, 2.75) is 25.9 Å². The van der Waals surface area contributed by atoms with Crippen LogP contribution in [0.2, 0.25) is 0 Å². The highest BCUT2D eigenvalue weighted by Gasteiger charge is 2.57. The Bertz CT molecular complexity index is 7300. The van der Waals surface area contributed by atoms with Crippen LogP contribution >= 0.6 is 23.5 Å². The summed E-state index contributed by atoms with van der Waals surface area (Å²) in [6, 6.07) is 116. The Morgan fingerprint density at radius 2 is 0.771 bits per heavy atom. The van der Waals surface area contributed by atoms with Gasteiger partial charge in [0.25, 0.3) is 0 Å². The average molecular weight is 1540 g/mol. The molecule has 8 nitrogen and oxygen atoms in total. The van der Waals surface area contributed by atoms with Gasteiger partial charge in [-0.05, 0) is 135 Å². The second-order valence-electron chi connectivity index (χ2n) is 30.6. The summed E-state index contributed by atoms with van der Waals surface area (Å²) in [6.45, 7) is 9.11. The van der Waals surface area contributed by atoms with Gasteiger partial charge in [0.1, 0.15) is 0 Å². The number of pyridine rings is 2. The van der Waals surface area contributed by atoms with Crippen molar-refractivity contribution in [2.24, 2.45) is 5.92 Å². The molecule has 0 N–H and O–H groups in total. The smallest absolute Gasteiger partial charge is 0.164 e. The zero-order valence-corrected chi connectivity index (χ0v) is 65.4. The Labute approximate surface area is 691 Å². The first-order chi connectivity index (χ1) is 58.4. The molecule has 2 spiro atoms. The molecule has 0 radical (unpaired) electrons. The van der Waals surface area contributed by atoms with Gasteiger partial charge < -0.3 is 0 Å². The summed E-state index contributed by atoms with van der Waals surface area (Å²) in [4.78, 5) is 46.4. The van der Waals surface area contributed by atoms with E-state index < -0.39 is 10.8 Å². The lowest BCUT2D eigenvalue weighted by atomic mass is 9.61. The molecule has 552 valence electrons. The van der Waals surface area contributed by atoms with E-state index in [2.05, 4.69) is 323 Å². The van der Waals surface area contributed by atoms with Crippen molar-refractivity contribution in [3.63, 3.8) is 0 Å². The van der Waals surface area contributed by atoms with E-state index in [1.807, 2.05) is 90.7 Å². The average Bonchev–Trinajstić information content (AvgIpc) is 1.51. The van der Waals surface area contributed by atoms with Gasteiger partial charge in [0.2, 0.25) is 0 Å². The van der Waals surface area contributed by atoms with Crippen LogP contribution in [0.25, 0.3) is 168 Å². The molecule has 2 aliphatic heterocycles. The second kappa shape index (κ2) is 27.7. The van der Waals surface area contributed by atoms with E-state index in [0.29, 0.717) is 34.9 Å². The predicted molar refractivity (Wildman–Crippen MR) is 484 cm³/mol. The van der Waals surface area contributed by atoms with E-state index in [0.717, 1.165) is 149 Å². The number of benzene rings is 14. The van der Waals surface area contributed by atoms with Gasteiger partial charge in [-0.3, -0.25) is 9.97 Å². The molecule has 0 bridgehead atoms. The number of nitrogens with zero attached hydrogens (tertiary/aromatic N) is 8. The Balaban J connectivity index is 0.718. The van der Waals surface area contributed by atoms with E-state index in [1.165, 1.54) is 37.6 Å². The molecule has 0 fully saturated rings. The summed E-state index contributed by atoms with van der Waals surface area (Å²) < 4.78 is 0. The Hall–Kier alpha value is -14.4. The van der Waals surface area contributed by atoms with Crippen molar-refractivity contribution >= 4 is 56.0 Å². The molecule has 0 saturated heterocycles. The minimum absolute atomic E-state index is 0.0134. The third-order valence-electron chi connectivity index (χ3n) is 24.7. The fourth-order valence-electron chi connectivity index (χ4n) is 19.7. The number of hydrogen-bond acceptors (Lipinski definition) is 10. The summed E-state index contributed by atoms with van der Waals surface area (Å²) in [5.74, 6) is 3.50. The van der Waals surface area contributed by atoms with Crippen LogP contribution < -0.4 is 0 Å². The van der Waals surface area contributed by atoms with Crippen molar-refractivity contribution in [2.75, 3.05) is 0 Å². The van der Waals surface area contributed by atoms with Gasteiger partial charge >= 0.3 is 0 Å². The van der Waals surface area contributed by atoms with Crippen LogP contribution in [0.4, 0.5) is 0 Å². The number of para-hydroxylation sites is 1. The van der Waals surface area contributed by atoms with Gasteiger partial charge in [-0.1, -0.05) is 365 Å². The number of thioether (sulfide) groups is 1. The minimum Gasteiger partial charge on any atom is -0.263 e. The molecular formula is C108H68N8S2. The molecule has 0 saturated carbocycles. The zero-order chi connectivity index (χ0) is 78.2. The molecule has 18 aromatic rings. The van der Waals surface area contributed by atoms with Crippen molar-refractivity contribution < 1.29 is 0 Å². The number of allylic oxidation sites excluding steroid dienone is 6. The molecule has 23 rings (SSSR count). The lowest BCUT2D eigenvalue weighted by molar-refractivity contribution is 0.459. The fraction of sp³-hybridized carbons (Fsp3) is 0.0370. The fourth-order valence-corrected chi connectivity index (χ4v) is 22.4. The normalized spacial score (nSPS) is 16.9. The van der Waals surface area contributed by atoms with Gasteiger partial charge in [-0.2, -0.15) is 0 Å². The SMILES string of the molecule is C=CC1=C(C=C)C2(c3cccc(-c4nc(-c5ccc(-c6cccc7c6Sc6ccccc6C76c7cccc(-c8ccc(-c9ccnc%10ccccc9%10)cc8)c7-c7c(-c8nc(-c9ccccc9)nc(-c9ccccc9)n8)cccc76)cc5)nc(-c5cccc6ccccc56)n4)c3-c3c(-c4cncc5ccccc45)cccc32)C2C=CC=CC2S1. The molecule has 0 amide bonds. The van der Waals surface area contributed by atoms with Crippen molar-refractivity contribution in [3.05, 3.63) is 434 Å². The van der Waals surface area contributed by atoms with Crippen LogP contribution in [0, 0.1) is 5.92 Å². The van der Waals surface area contributed by atoms with E-state index >= 15 is 0 Å². The zero-order valence-electron chi connectivity index (χ0n) is 63.8. The maximum atomic E-state index is 5.75. The molecular weight excluding hydrogens is 1470 g/mol. The molecule has 118 heavy (non-hydrogen) atoms. The van der Waals surface area contributed by atoms with Crippen molar-refractivity contribution in [1.82, 2.24) is 39.9 Å². The van der Waals surface area contributed by atoms with Crippen molar-refractivity contribution in [1.29, 1.82) is 0 Å². The monoisotopic (exact) mass is 1540 g/mol. The largest absolute Gasteiger partial charge is 0.263 e. The highest BCUT2D eigenvalue weighted by Crippen LogP contribution is 2.68. The number of rotatable bonds is 12. The summed E-state index contributed by atoms with van der Waals surface area (Å²) in [5.41, 5.74) is 26.2. The first-order valence-electron chi connectivity index (χ1n) is 39.9. The van der Waals surface area contributed by atoms with E-state index in [9.17, 15) is 0 Å². The quantitative estimate of drug-likeness (QED) is 0.117. The summed E-state index contributed by atoms with van der Waals surface area (Å²) in [6.07, 6.45) is 19.2. The lowest BCUT2D eigenvalue weighted by Gasteiger charge is -2.47. The first kappa shape index (κ1) is 69.1. The van der Waals surface area contributed by atoms with Gasteiger partial charge in [-0.25, -0.2) is 29.9 Å². The standard InChI is InChI=1S/C108H68N8S2/c1-3-84-93(4-2)117-94-51-19-16-43-85(94)107(84)88-46-24-39-79(83-64-109-63-72-32-12-14-35-74(72)83)97(88)99-82(42-25-47-89(99)107)106-115-103(112-104(116-106)80-40-21-33-65-27-11-13-34-73(65)80)71-59-57-68(58-60-71)77-38-23-49-91-100(77)118-95-52-20-17-44-86(95)108(91)87-45-22-37-76(67-55-53-66(54-56-67)75-61-62-110-92-50-18-15-36-78(75)92)96(87)98-81(41-26-48-90(98)108)105-113-101(69-28-7-5-8-29-69)111-102(114-105)70-30-9-6-10-31-70/h3-64,85,94H,1-2H2. The highest BCUT2D eigenvalue weighted by atomic mass is 32.2. The van der Waals surface area contributed by atoms with Crippen LogP contribution in [0.3, 0.4) is 0 Å². The van der Waals surface area contributed by atoms with Gasteiger partial charge in [-0.15, -0.1) is 11.8 Å². The maximum Gasteiger partial charge on any atom is 0.164 e. The molecule has 14 aromatic carbocycles. The van der Waals surface area contributed by atoms with Gasteiger partial charge in [0.15, 0.2) is 34.9 Å². The molecule has 4 aromatic heterocycles. The first-order valence-corrected chi connectivity index (χ1v) is 41.6. The molecule has 5 aliphatic rings. The molecule has 6 heterocycles. The Morgan fingerprint density at radius 3 is 1.45 bits per heavy atom.